The van der Waals surface area contributed by atoms with Crippen LogP contribution in [-0.4, -0.2) is 43.2 Å². The molecule has 0 amide bonds. The minimum absolute atomic E-state index is 0.160. The van der Waals surface area contributed by atoms with Crippen molar-refractivity contribution in [2.75, 3.05) is 25.0 Å². The average molecular weight is 308 g/mol. The van der Waals surface area contributed by atoms with Gasteiger partial charge in [-0.3, -0.25) is 4.90 Å². The van der Waals surface area contributed by atoms with Crippen molar-refractivity contribution >= 4 is 17.3 Å². The van der Waals surface area contributed by atoms with Crippen molar-refractivity contribution in [1.29, 1.82) is 0 Å². The van der Waals surface area contributed by atoms with Gasteiger partial charge in [-0.05, 0) is 63.4 Å². The number of nitrogens with zero attached hydrogens (tertiary/aromatic N) is 2. The smallest absolute Gasteiger partial charge is 0.0410 e. The molecule has 3 atom stereocenters. The lowest BCUT2D eigenvalue weighted by Gasteiger charge is -2.30. The molecule has 0 spiro atoms. The summed E-state index contributed by atoms with van der Waals surface area (Å²) >= 11 is 6.19. The zero-order chi connectivity index (χ0) is 15.0. The fraction of sp³-hybridized carbons (Fsp3) is 0.647. The van der Waals surface area contributed by atoms with E-state index in [0.29, 0.717) is 6.04 Å². The normalized spacial score (nSPS) is 27.7. The monoisotopic (exact) mass is 307 g/mol. The molecule has 0 aromatic heterocycles. The highest BCUT2D eigenvalue weighted by Crippen LogP contribution is 2.33. The fourth-order valence-electron chi connectivity index (χ4n) is 3.90. The van der Waals surface area contributed by atoms with Gasteiger partial charge in [0.15, 0.2) is 0 Å². The first kappa shape index (κ1) is 15.1. The number of fused-ring (bicyclic) bond motifs is 2. The molecule has 4 heteroatoms. The van der Waals surface area contributed by atoms with Crippen molar-refractivity contribution in [2.45, 2.75) is 50.7 Å². The van der Waals surface area contributed by atoms with Crippen molar-refractivity contribution in [3.8, 4) is 0 Å². The molecule has 3 rings (SSSR count). The Morgan fingerprint density at radius 2 is 2.05 bits per heavy atom. The van der Waals surface area contributed by atoms with Crippen LogP contribution in [0.5, 0.6) is 0 Å². The molecule has 2 N–H and O–H groups in total. The number of hydrogen-bond acceptors (Lipinski definition) is 3. The van der Waals surface area contributed by atoms with Crippen molar-refractivity contribution in [3.63, 3.8) is 0 Å². The lowest BCUT2D eigenvalue weighted by Crippen LogP contribution is -2.37. The van der Waals surface area contributed by atoms with Crippen LogP contribution in [0.1, 0.15) is 31.7 Å². The highest BCUT2D eigenvalue weighted by atomic mass is 35.5. The summed E-state index contributed by atoms with van der Waals surface area (Å²) in [4.78, 5) is 5.13. The topological polar surface area (TPSA) is 32.5 Å². The maximum Gasteiger partial charge on any atom is 0.0410 e. The van der Waals surface area contributed by atoms with Gasteiger partial charge in [0.1, 0.15) is 0 Å². The summed E-state index contributed by atoms with van der Waals surface area (Å²) in [6, 6.07) is 7.90. The van der Waals surface area contributed by atoms with E-state index in [-0.39, 0.29) is 6.04 Å². The lowest BCUT2D eigenvalue weighted by molar-refractivity contribution is 0.254. The van der Waals surface area contributed by atoms with E-state index in [0.717, 1.165) is 30.6 Å². The summed E-state index contributed by atoms with van der Waals surface area (Å²) in [7, 11) is 2.29. The molecule has 2 saturated heterocycles. The molecule has 21 heavy (non-hydrogen) atoms. The number of halogens is 1. The third-order valence-electron chi connectivity index (χ3n) is 5.07. The zero-order valence-corrected chi connectivity index (χ0v) is 13.8. The second kappa shape index (κ2) is 6.15. The molecule has 2 heterocycles. The van der Waals surface area contributed by atoms with Crippen molar-refractivity contribution < 1.29 is 0 Å². The summed E-state index contributed by atoms with van der Waals surface area (Å²) in [5.41, 5.74) is 8.64. The van der Waals surface area contributed by atoms with Crippen LogP contribution in [0.15, 0.2) is 18.2 Å². The van der Waals surface area contributed by atoms with Crippen molar-refractivity contribution in [2.24, 2.45) is 5.73 Å². The van der Waals surface area contributed by atoms with E-state index in [9.17, 15) is 0 Å². The van der Waals surface area contributed by atoms with E-state index >= 15 is 0 Å². The second-order valence-electron chi connectivity index (χ2n) is 6.74. The van der Waals surface area contributed by atoms with E-state index in [2.05, 4.69) is 35.9 Å². The Labute approximate surface area is 133 Å². The Bertz CT molecular complexity index is 503. The quantitative estimate of drug-likeness (QED) is 0.932. The summed E-state index contributed by atoms with van der Waals surface area (Å²) in [5, 5.41) is 0.808. The summed E-state index contributed by atoms with van der Waals surface area (Å²) < 4.78 is 0. The van der Waals surface area contributed by atoms with Gasteiger partial charge >= 0.3 is 0 Å². The highest BCUT2D eigenvalue weighted by molar-refractivity contribution is 6.30. The third-order valence-corrected chi connectivity index (χ3v) is 5.31. The first-order valence-electron chi connectivity index (χ1n) is 8.05. The molecule has 1 aromatic rings. The predicted molar refractivity (Wildman–Crippen MR) is 90.2 cm³/mol. The van der Waals surface area contributed by atoms with Crippen LogP contribution in [-0.2, 0) is 6.42 Å². The van der Waals surface area contributed by atoms with Crippen molar-refractivity contribution in [1.82, 2.24) is 4.90 Å². The minimum Gasteiger partial charge on any atom is -0.370 e. The van der Waals surface area contributed by atoms with Gasteiger partial charge in [-0.2, -0.15) is 0 Å². The van der Waals surface area contributed by atoms with Gasteiger partial charge in [-0.1, -0.05) is 11.6 Å². The van der Waals surface area contributed by atoms with Gasteiger partial charge in [-0.25, -0.2) is 0 Å². The minimum atomic E-state index is 0.160. The number of nitrogens with two attached hydrogens (primary N) is 1. The van der Waals surface area contributed by atoms with E-state index < -0.39 is 0 Å². The standard InChI is InChI=1S/C17H26ClN3/c1-12(19)9-13-10-14(18)3-6-17(13)21-8-7-15-4-5-16(11-21)20(15)2/h3,6,10,12,15-16H,4-5,7-9,11,19H2,1-2H3. The van der Waals surface area contributed by atoms with Crippen LogP contribution >= 0.6 is 11.6 Å². The summed E-state index contributed by atoms with van der Waals surface area (Å²) in [6.45, 7) is 4.32. The first-order chi connectivity index (χ1) is 10.0. The number of likely N-dealkylation sites (N-methyl/N-ethyl adjacent to an activating group) is 1. The van der Waals surface area contributed by atoms with Crippen LogP contribution in [0.4, 0.5) is 5.69 Å². The lowest BCUT2D eigenvalue weighted by atomic mass is 10.0. The number of rotatable bonds is 3. The van der Waals surface area contributed by atoms with E-state index in [1.165, 1.54) is 30.5 Å². The Hall–Kier alpha value is -0.770. The number of anilines is 1. The maximum atomic E-state index is 6.19. The van der Waals surface area contributed by atoms with Crippen LogP contribution in [0.25, 0.3) is 0 Å². The molecule has 2 aliphatic heterocycles. The van der Waals surface area contributed by atoms with Crippen LogP contribution in [0, 0.1) is 0 Å². The Morgan fingerprint density at radius 3 is 2.81 bits per heavy atom. The molecule has 2 aliphatic rings. The van der Waals surface area contributed by atoms with E-state index in [4.69, 9.17) is 17.3 Å². The summed E-state index contributed by atoms with van der Waals surface area (Å²) in [6.07, 6.45) is 4.83. The molecule has 2 fully saturated rings. The average Bonchev–Trinajstić information content (AvgIpc) is 2.64. The Balaban J connectivity index is 1.86. The SMILES string of the molecule is CC(N)Cc1cc(Cl)ccc1N1CCC2CCC(C1)N2C. The largest absolute Gasteiger partial charge is 0.370 e. The van der Waals surface area contributed by atoms with E-state index in [1.54, 1.807) is 0 Å². The second-order valence-corrected chi connectivity index (χ2v) is 7.18. The van der Waals surface area contributed by atoms with Gasteiger partial charge in [-0.15, -0.1) is 0 Å². The van der Waals surface area contributed by atoms with Crippen LogP contribution in [0.3, 0.4) is 0 Å². The number of hydrogen-bond donors (Lipinski definition) is 1. The Kier molecular flexibility index (Phi) is 4.43. The van der Waals surface area contributed by atoms with E-state index in [1.807, 2.05) is 6.07 Å². The van der Waals surface area contributed by atoms with Gasteiger partial charge in [0.25, 0.3) is 0 Å². The predicted octanol–water partition coefficient (Wildman–Crippen LogP) is 2.90. The van der Waals surface area contributed by atoms with Gasteiger partial charge in [0.05, 0.1) is 0 Å². The van der Waals surface area contributed by atoms with Gasteiger partial charge in [0, 0.05) is 41.9 Å². The molecule has 3 unspecified atom stereocenters. The van der Waals surface area contributed by atoms with Crippen LogP contribution in [0.2, 0.25) is 5.02 Å². The third kappa shape index (κ3) is 3.20. The first-order valence-corrected chi connectivity index (χ1v) is 8.43. The fourth-order valence-corrected chi connectivity index (χ4v) is 4.10. The molecule has 116 valence electrons. The van der Waals surface area contributed by atoms with Gasteiger partial charge in [0.2, 0.25) is 0 Å². The molecule has 3 nitrogen and oxygen atoms in total. The number of benzene rings is 1. The molecular weight excluding hydrogens is 282 g/mol. The zero-order valence-electron chi connectivity index (χ0n) is 13.1. The summed E-state index contributed by atoms with van der Waals surface area (Å²) in [5.74, 6) is 0. The maximum absolute atomic E-state index is 6.19. The van der Waals surface area contributed by atoms with Crippen molar-refractivity contribution in [3.05, 3.63) is 28.8 Å². The molecule has 0 aliphatic carbocycles. The highest BCUT2D eigenvalue weighted by Gasteiger charge is 2.35. The van der Waals surface area contributed by atoms with Crippen LogP contribution < -0.4 is 10.6 Å². The molecule has 0 saturated carbocycles. The Morgan fingerprint density at radius 1 is 1.29 bits per heavy atom. The molecule has 2 bridgehead atoms. The molecular formula is C17H26ClN3. The molecule has 0 radical (unpaired) electrons. The van der Waals surface area contributed by atoms with Gasteiger partial charge < -0.3 is 10.6 Å². The molecule has 1 aromatic carbocycles.